The third-order valence-electron chi connectivity index (χ3n) is 4.27. The second-order valence-corrected chi connectivity index (χ2v) is 6.29. The second kappa shape index (κ2) is 9.23. The van der Waals surface area contributed by atoms with Gasteiger partial charge in [0.25, 0.3) is 0 Å². The number of para-hydroxylation sites is 2. The Morgan fingerprint density at radius 2 is 1.86 bits per heavy atom. The molecule has 2 heterocycles. The highest BCUT2D eigenvalue weighted by atomic mass is 16.5. The Hall–Kier alpha value is -3.06. The number of aryl methyl sites for hydroxylation is 2. The monoisotopic (exact) mass is 382 g/mol. The molecule has 7 nitrogen and oxygen atoms in total. The zero-order valence-electron chi connectivity index (χ0n) is 16.7. The molecule has 28 heavy (non-hydrogen) atoms. The fourth-order valence-electron chi connectivity index (χ4n) is 2.97. The first kappa shape index (κ1) is 19.7. The minimum atomic E-state index is 0.528. The van der Waals surface area contributed by atoms with E-state index < -0.39 is 0 Å². The molecule has 0 radical (unpaired) electrons. The molecule has 0 saturated heterocycles. The summed E-state index contributed by atoms with van der Waals surface area (Å²) in [5.41, 5.74) is 3.08. The molecule has 1 aromatic carbocycles. The molecule has 0 unspecified atom stereocenters. The van der Waals surface area contributed by atoms with Gasteiger partial charge in [0.05, 0.1) is 25.0 Å². The van der Waals surface area contributed by atoms with E-state index in [-0.39, 0.29) is 0 Å². The van der Waals surface area contributed by atoms with Gasteiger partial charge in [-0.3, -0.25) is 0 Å². The molecule has 3 aromatic rings. The van der Waals surface area contributed by atoms with Crippen molar-refractivity contribution < 1.29 is 14.2 Å². The summed E-state index contributed by atoms with van der Waals surface area (Å²) in [6.45, 7) is 5.86. The predicted molar refractivity (Wildman–Crippen MR) is 107 cm³/mol. The lowest BCUT2D eigenvalue weighted by molar-refractivity contribution is 0.319. The summed E-state index contributed by atoms with van der Waals surface area (Å²) >= 11 is 0. The summed E-state index contributed by atoms with van der Waals surface area (Å²) in [5.74, 6) is 2.67. The number of pyridine rings is 1. The van der Waals surface area contributed by atoms with Crippen molar-refractivity contribution in [3.63, 3.8) is 0 Å². The molecule has 1 N–H and O–H groups in total. The fourth-order valence-corrected chi connectivity index (χ4v) is 2.97. The molecule has 0 fully saturated rings. The van der Waals surface area contributed by atoms with Gasteiger partial charge in [-0.15, -0.1) is 0 Å². The maximum absolute atomic E-state index is 5.86. The smallest absolute Gasteiger partial charge is 0.219 e. The molecule has 0 atom stereocenters. The van der Waals surface area contributed by atoms with Crippen LogP contribution in [0.5, 0.6) is 23.3 Å². The minimum Gasteiger partial charge on any atom is -0.490 e. The number of benzene rings is 1. The molecule has 0 aliphatic heterocycles. The SMILES string of the molecule is CCOc1ccccc1Oc1ccc(CNCc2c(C)nn(C)c2OC)cn1. The lowest BCUT2D eigenvalue weighted by Crippen LogP contribution is -2.14. The first-order chi connectivity index (χ1) is 13.6. The molecular formula is C21H26N4O3. The van der Waals surface area contributed by atoms with Crippen molar-refractivity contribution in [2.24, 2.45) is 7.05 Å². The van der Waals surface area contributed by atoms with Crippen LogP contribution >= 0.6 is 0 Å². The lowest BCUT2D eigenvalue weighted by Gasteiger charge is -2.11. The number of aromatic nitrogens is 3. The second-order valence-electron chi connectivity index (χ2n) is 6.29. The van der Waals surface area contributed by atoms with Crippen molar-refractivity contribution in [2.75, 3.05) is 13.7 Å². The Morgan fingerprint density at radius 3 is 2.54 bits per heavy atom. The van der Waals surface area contributed by atoms with Gasteiger partial charge >= 0.3 is 0 Å². The largest absolute Gasteiger partial charge is 0.490 e. The van der Waals surface area contributed by atoms with Gasteiger partial charge in [-0.25, -0.2) is 9.67 Å². The van der Waals surface area contributed by atoms with Gasteiger partial charge in [0.1, 0.15) is 0 Å². The Morgan fingerprint density at radius 1 is 1.07 bits per heavy atom. The van der Waals surface area contributed by atoms with Gasteiger partial charge < -0.3 is 19.5 Å². The van der Waals surface area contributed by atoms with Crippen LogP contribution in [0.1, 0.15) is 23.7 Å². The first-order valence-corrected chi connectivity index (χ1v) is 9.24. The number of ether oxygens (including phenoxy) is 3. The molecule has 0 amide bonds. The molecule has 0 bridgehead atoms. The van der Waals surface area contributed by atoms with E-state index in [1.807, 2.05) is 57.3 Å². The fraction of sp³-hybridized carbons (Fsp3) is 0.333. The lowest BCUT2D eigenvalue weighted by atomic mass is 10.2. The van der Waals surface area contributed by atoms with Gasteiger partial charge in [-0.2, -0.15) is 5.10 Å². The van der Waals surface area contributed by atoms with Crippen LogP contribution in [0.15, 0.2) is 42.6 Å². The average molecular weight is 382 g/mol. The van der Waals surface area contributed by atoms with Crippen molar-refractivity contribution in [2.45, 2.75) is 26.9 Å². The average Bonchev–Trinajstić information content (AvgIpc) is 2.97. The van der Waals surface area contributed by atoms with E-state index in [0.717, 1.165) is 22.7 Å². The van der Waals surface area contributed by atoms with Crippen LogP contribution in [0, 0.1) is 6.92 Å². The highest BCUT2D eigenvalue weighted by molar-refractivity contribution is 5.41. The normalized spacial score (nSPS) is 10.7. The van der Waals surface area contributed by atoms with Crippen LogP contribution in [0.25, 0.3) is 0 Å². The van der Waals surface area contributed by atoms with Crippen molar-refractivity contribution in [1.82, 2.24) is 20.1 Å². The van der Waals surface area contributed by atoms with E-state index in [4.69, 9.17) is 14.2 Å². The van der Waals surface area contributed by atoms with Crippen molar-refractivity contribution in [3.05, 3.63) is 59.4 Å². The number of methoxy groups -OCH3 is 1. The van der Waals surface area contributed by atoms with Crippen molar-refractivity contribution in [1.29, 1.82) is 0 Å². The number of nitrogens with one attached hydrogen (secondary N) is 1. The van der Waals surface area contributed by atoms with Crippen molar-refractivity contribution in [3.8, 4) is 23.3 Å². The molecule has 148 valence electrons. The van der Waals surface area contributed by atoms with Crippen LogP contribution in [0.4, 0.5) is 0 Å². The maximum Gasteiger partial charge on any atom is 0.219 e. The summed E-state index contributed by atoms with van der Waals surface area (Å²) in [6.07, 6.45) is 1.80. The summed E-state index contributed by atoms with van der Waals surface area (Å²) in [6, 6.07) is 11.4. The van der Waals surface area contributed by atoms with E-state index in [9.17, 15) is 0 Å². The molecule has 0 aliphatic carbocycles. The predicted octanol–water partition coefficient (Wildman–Crippen LogP) is 3.61. The summed E-state index contributed by atoms with van der Waals surface area (Å²) in [4.78, 5) is 4.40. The van der Waals surface area contributed by atoms with Crippen LogP contribution in [0.2, 0.25) is 0 Å². The van der Waals surface area contributed by atoms with E-state index in [0.29, 0.717) is 37.1 Å². The van der Waals surface area contributed by atoms with Crippen LogP contribution in [0.3, 0.4) is 0 Å². The Kier molecular flexibility index (Phi) is 6.49. The third kappa shape index (κ3) is 4.61. The molecule has 3 rings (SSSR count). The quantitative estimate of drug-likeness (QED) is 0.610. The molecular weight excluding hydrogens is 356 g/mol. The Labute approximate surface area is 165 Å². The summed E-state index contributed by atoms with van der Waals surface area (Å²) < 4.78 is 18.6. The van der Waals surface area contributed by atoms with Gasteiger partial charge in [-0.05, 0) is 31.5 Å². The molecule has 0 aliphatic rings. The topological polar surface area (TPSA) is 70.4 Å². The first-order valence-electron chi connectivity index (χ1n) is 9.24. The highest BCUT2D eigenvalue weighted by Gasteiger charge is 2.13. The van der Waals surface area contributed by atoms with Gasteiger partial charge in [0.15, 0.2) is 11.5 Å². The highest BCUT2D eigenvalue weighted by Crippen LogP contribution is 2.30. The van der Waals surface area contributed by atoms with E-state index in [2.05, 4.69) is 15.4 Å². The van der Waals surface area contributed by atoms with Gasteiger partial charge in [0, 0.05) is 32.4 Å². The number of hydrogen-bond donors (Lipinski definition) is 1. The standard InChI is InChI=1S/C21H26N4O3/c1-5-27-18-8-6-7-9-19(18)28-20-11-10-16(13-23-20)12-22-14-17-15(2)24-25(3)21(17)26-4/h6-11,13,22H,5,12,14H2,1-4H3. The zero-order valence-corrected chi connectivity index (χ0v) is 16.7. The minimum absolute atomic E-state index is 0.528. The molecule has 2 aromatic heterocycles. The van der Waals surface area contributed by atoms with Gasteiger partial charge in [0.2, 0.25) is 11.8 Å². The molecule has 0 spiro atoms. The summed E-state index contributed by atoms with van der Waals surface area (Å²) in [7, 11) is 3.54. The number of hydrogen-bond acceptors (Lipinski definition) is 6. The third-order valence-corrected chi connectivity index (χ3v) is 4.27. The van der Waals surface area contributed by atoms with Crippen molar-refractivity contribution >= 4 is 0 Å². The molecule has 0 saturated carbocycles. The molecule has 7 heteroatoms. The maximum atomic E-state index is 5.86. The Bertz CT molecular complexity index is 907. The van der Waals surface area contributed by atoms with Crippen LogP contribution in [-0.4, -0.2) is 28.5 Å². The van der Waals surface area contributed by atoms with E-state index in [1.54, 1.807) is 18.0 Å². The van der Waals surface area contributed by atoms with E-state index in [1.165, 1.54) is 0 Å². The number of rotatable bonds is 9. The zero-order chi connectivity index (χ0) is 19.9. The van der Waals surface area contributed by atoms with E-state index >= 15 is 0 Å². The summed E-state index contributed by atoms with van der Waals surface area (Å²) in [5, 5.41) is 7.80. The van der Waals surface area contributed by atoms with Gasteiger partial charge in [-0.1, -0.05) is 18.2 Å². The van der Waals surface area contributed by atoms with Crippen LogP contribution < -0.4 is 19.5 Å². The van der Waals surface area contributed by atoms with Crippen LogP contribution in [-0.2, 0) is 20.1 Å². The number of nitrogens with zero attached hydrogens (tertiary/aromatic N) is 3. The Balaban J connectivity index is 1.58.